The smallest absolute Gasteiger partial charge is 0.312 e. The second-order valence-corrected chi connectivity index (χ2v) is 9.32. The Labute approximate surface area is 189 Å². The Morgan fingerprint density at radius 2 is 2.16 bits per heavy atom. The molecular formula is C23H23N5O3S. The van der Waals surface area contributed by atoms with Crippen LogP contribution in [-0.4, -0.2) is 20.6 Å². The molecule has 1 unspecified atom stereocenters. The molecular weight excluding hydrogens is 426 g/mol. The normalized spacial score (nSPS) is 15.1. The summed E-state index contributed by atoms with van der Waals surface area (Å²) in [7, 11) is 0. The number of hydrogen-bond acceptors (Lipinski definition) is 6. The summed E-state index contributed by atoms with van der Waals surface area (Å²) in [4.78, 5) is 25.2. The Morgan fingerprint density at radius 3 is 2.84 bits per heavy atom. The molecule has 0 spiro atoms. The van der Waals surface area contributed by atoms with Crippen molar-refractivity contribution in [3.8, 4) is 6.07 Å². The zero-order chi connectivity index (χ0) is 23.0. The molecule has 0 saturated heterocycles. The van der Waals surface area contributed by atoms with Crippen LogP contribution >= 0.6 is 11.3 Å². The number of nitrogens with zero attached hydrogens (tertiary/aromatic N) is 4. The first-order valence-electron chi connectivity index (χ1n) is 10.4. The quantitative estimate of drug-likeness (QED) is 0.445. The van der Waals surface area contributed by atoms with E-state index in [4.69, 9.17) is 0 Å². The molecule has 0 aliphatic heterocycles. The maximum atomic E-state index is 13.2. The van der Waals surface area contributed by atoms with E-state index in [0.717, 1.165) is 24.8 Å². The number of rotatable bonds is 5. The Morgan fingerprint density at radius 1 is 1.41 bits per heavy atom. The number of carbonyl (C=O) groups is 1. The predicted octanol–water partition coefficient (Wildman–Crippen LogP) is 4.77. The van der Waals surface area contributed by atoms with E-state index in [1.807, 2.05) is 12.1 Å². The van der Waals surface area contributed by atoms with Crippen LogP contribution in [-0.2, 0) is 19.4 Å². The van der Waals surface area contributed by atoms with Crippen LogP contribution in [0, 0.1) is 41.2 Å². The fourth-order valence-electron chi connectivity index (χ4n) is 4.27. The lowest BCUT2D eigenvalue weighted by atomic mass is 9.88. The van der Waals surface area contributed by atoms with Crippen molar-refractivity contribution in [1.29, 1.82) is 5.26 Å². The molecule has 9 heteroatoms. The second kappa shape index (κ2) is 8.55. The molecule has 1 amide bonds. The molecule has 1 aliphatic carbocycles. The van der Waals surface area contributed by atoms with E-state index in [1.165, 1.54) is 16.2 Å². The van der Waals surface area contributed by atoms with Crippen molar-refractivity contribution in [2.45, 2.75) is 46.6 Å². The minimum atomic E-state index is -0.435. The minimum absolute atomic E-state index is 0.0102. The van der Waals surface area contributed by atoms with Gasteiger partial charge >= 0.3 is 5.69 Å². The number of nitrogens with one attached hydrogen (secondary N) is 1. The summed E-state index contributed by atoms with van der Waals surface area (Å²) in [6.45, 7) is 5.68. The van der Waals surface area contributed by atoms with Gasteiger partial charge < -0.3 is 5.32 Å². The van der Waals surface area contributed by atoms with E-state index >= 15 is 0 Å². The van der Waals surface area contributed by atoms with Crippen LogP contribution in [0.25, 0.3) is 0 Å². The Balaban J connectivity index is 1.63. The van der Waals surface area contributed by atoms with Crippen LogP contribution in [0.15, 0.2) is 24.3 Å². The van der Waals surface area contributed by atoms with Gasteiger partial charge in [0.15, 0.2) is 0 Å². The SMILES string of the molecule is Cc1nn(Cc2ccccc2C(=O)Nc2sc3c(c2C#N)CCC(C)C3)c(C)c1[N+](=O)[O-]. The van der Waals surface area contributed by atoms with Crippen molar-refractivity contribution in [3.63, 3.8) is 0 Å². The van der Waals surface area contributed by atoms with Gasteiger partial charge in [0.25, 0.3) is 5.91 Å². The van der Waals surface area contributed by atoms with Crippen LogP contribution < -0.4 is 5.32 Å². The second-order valence-electron chi connectivity index (χ2n) is 8.21. The third kappa shape index (κ3) is 3.89. The van der Waals surface area contributed by atoms with Crippen molar-refractivity contribution >= 4 is 27.9 Å². The molecule has 1 aliphatic rings. The van der Waals surface area contributed by atoms with E-state index in [9.17, 15) is 20.2 Å². The molecule has 1 aromatic carbocycles. The molecule has 1 N–H and O–H groups in total. The number of fused-ring (bicyclic) bond motifs is 1. The van der Waals surface area contributed by atoms with E-state index in [2.05, 4.69) is 23.4 Å². The number of amides is 1. The monoisotopic (exact) mass is 449 g/mol. The summed E-state index contributed by atoms with van der Waals surface area (Å²) in [6.07, 6.45) is 2.83. The lowest BCUT2D eigenvalue weighted by molar-refractivity contribution is -0.386. The Hall–Kier alpha value is -3.51. The van der Waals surface area contributed by atoms with E-state index in [0.29, 0.717) is 39.0 Å². The van der Waals surface area contributed by atoms with Gasteiger partial charge in [-0.25, -0.2) is 0 Å². The lowest BCUT2D eigenvalue weighted by Gasteiger charge is -2.17. The van der Waals surface area contributed by atoms with Gasteiger partial charge in [-0.3, -0.25) is 19.6 Å². The standard InChI is InChI=1S/C23H23N5O3S/c1-13-8-9-18-19(11-24)23(32-20(18)10-13)25-22(29)17-7-5-4-6-16(17)12-27-15(3)21(28(30)31)14(2)26-27/h4-7,13H,8-10,12H2,1-3H3,(H,25,29). The summed E-state index contributed by atoms with van der Waals surface area (Å²) in [5.41, 5.74) is 3.54. The molecule has 32 heavy (non-hydrogen) atoms. The van der Waals surface area contributed by atoms with Gasteiger partial charge in [-0.15, -0.1) is 11.3 Å². The molecule has 1 atom stereocenters. The Kier molecular flexibility index (Phi) is 5.80. The number of nitriles is 1. The molecule has 8 nitrogen and oxygen atoms in total. The predicted molar refractivity (Wildman–Crippen MR) is 122 cm³/mol. The first-order chi connectivity index (χ1) is 15.3. The summed E-state index contributed by atoms with van der Waals surface area (Å²) in [6, 6.07) is 9.39. The number of benzene rings is 1. The average Bonchev–Trinajstić information content (AvgIpc) is 3.23. The molecule has 164 valence electrons. The van der Waals surface area contributed by atoms with Crippen molar-refractivity contribution in [2.24, 2.45) is 5.92 Å². The number of hydrogen-bond donors (Lipinski definition) is 1. The van der Waals surface area contributed by atoms with E-state index < -0.39 is 4.92 Å². The molecule has 4 rings (SSSR count). The van der Waals surface area contributed by atoms with Crippen molar-refractivity contribution in [1.82, 2.24) is 9.78 Å². The lowest BCUT2D eigenvalue weighted by Crippen LogP contribution is -2.16. The number of carbonyl (C=O) groups excluding carboxylic acids is 1. The van der Waals surface area contributed by atoms with Gasteiger partial charge in [-0.2, -0.15) is 10.4 Å². The third-order valence-corrected chi connectivity index (χ3v) is 7.13. The zero-order valence-electron chi connectivity index (χ0n) is 18.1. The van der Waals surface area contributed by atoms with Crippen molar-refractivity contribution in [2.75, 3.05) is 5.32 Å². The molecule has 0 radical (unpaired) electrons. The van der Waals surface area contributed by atoms with Crippen molar-refractivity contribution in [3.05, 3.63) is 72.9 Å². The first kappa shape index (κ1) is 21.7. The summed E-state index contributed by atoms with van der Waals surface area (Å²) in [5, 5.41) is 28.8. The van der Waals surface area contributed by atoms with Gasteiger partial charge in [0, 0.05) is 10.4 Å². The average molecular weight is 450 g/mol. The highest BCUT2D eigenvalue weighted by atomic mass is 32.1. The molecule has 2 heterocycles. The summed E-state index contributed by atoms with van der Waals surface area (Å²) >= 11 is 1.49. The summed E-state index contributed by atoms with van der Waals surface area (Å²) in [5.74, 6) is 0.265. The van der Waals surface area contributed by atoms with Crippen LogP contribution in [0.3, 0.4) is 0 Å². The van der Waals surface area contributed by atoms with E-state index in [-0.39, 0.29) is 18.1 Å². The molecule has 2 aromatic heterocycles. The van der Waals surface area contributed by atoms with Gasteiger partial charge in [-0.05, 0) is 56.2 Å². The highest BCUT2D eigenvalue weighted by Crippen LogP contribution is 2.39. The van der Waals surface area contributed by atoms with Gasteiger partial charge in [0.05, 0.1) is 17.0 Å². The number of aryl methyl sites for hydroxylation is 1. The number of anilines is 1. The van der Waals surface area contributed by atoms with Crippen molar-refractivity contribution < 1.29 is 9.72 Å². The highest BCUT2D eigenvalue weighted by molar-refractivity contribution is 7.16. The van der Waals surface area contributed by atoms with Gasteiger partial charge in [0.2, 0.25) is 0 Å². The number of thiophene rings is 1. The van der Waals surface area contributed by atoms with Crippen LogP contribution in [0.2, 0.25) is 0 Å². The zero-order valence-corrected chi connectivity index (χ0v) is 19.0. The van der Waals surface area contributed by atoms with Gasteiger partial charge in [0.1, 0.15) is 22.5 Å². The maximum absolute atomic E-state index is 13.2. The number of aromatic nitrogens is 2. The third-order valence-electron chi connectivity index (χ3n) is 5.96. The highest BCUT2D eigenvalue weighted by Gasteiger charge is 2.26. The van der Waals surface area contributed by atoms with E-state index in [1.54, 1.807) is 30.7 Å². The molecule has 0 bridgehead atoms. The maximum Gasteiger partial charge on any atom is 0.312 e. The fourth-order valence-corrected chi connectivity index (χ4v) is 5.63. The van der Waals surface area contributed by atoms with Crippen LogP contribution in [0.5, 0.6) is 0 Å². The minimum Gasteiger partial charge on any atom is -0.312 e. The van der Waals surface area contributed by atoms with Crippen LogP contribution in [0.1, 0.15) is 56.7 Å². The summed E-state index contributed by atoms with van der Waals surface area (Å²) < 4.78 is 1.55. The molecule has 0 saturated carbocycles. The molecule has 0 fully saturated rings. The first-order valence-corrected chi connectivity index (χ1v) is 11.2. The number of nitro groups is 1. The van der Waals surface area contributed by atoms with Crippen LogP contribution in [0.4, 0.5) is 10.7 Å². The largest absolute Gasteiger partial charge is 0.312 e. The molecule has 3 aromatic rings. The Bertz CT molecular complexity index is 1270. The topological polar surface area (TPSA) is 114 Å². The van der Waals surface area contributed by atoms with Gasteiger partial charge in [-0.1, -0.05) is 25.1 Å². The fraction of sp³-hybridized carbons (Fsp3) is 0.348.